The Bertz CT molecular complexity index is 597. The molecule has 0 saturated heterocycles. The molecule has 1 aromatic carbocycles. The first-order chi connectivity index (χ1) is 9.27. The molecule has 19 heavy (non-hydrogen) atoms. The van der Waals surface area contributed by atoms with Crippen molar-refractivity contribution in [3.8, 4) is 0 Å². The number of nitrogens with one attached hydrogen (secondary N) is 1. The van der Waals surface area contributed by atoms with E-state index in [0.29, 0.717) is 6.54 Å². The highest BCUT2D eigenvalue weighted by Gasteiger charge is 2.30. The zero-order chi connectivity index (χ0) is 13.2. The second kappa shape index (κ2) is 4.72. The Morgan fingerprint density at radius 2 is 2.05 bits per heavy atom. The van der Waals surface area contributed by atoms with Gasteiger partial charge in [0.1, 0.15) is 5.82 Å². The van der Waals surface area contributed by atoms with Crippen molar-refractivity contribution in [2.24, 2.45) is 0 Å². The highest BCUT2D eigenvalue weighted by atomic mass is 16.2. The Kier molecular flexibility index (Phi) is 2.91. The van der Waals surface area contributed by atoms with Crippen molar-refractivity contribution in [2.45, 2.75) is 13.0 Å². The van der Waals surface area contributed by atoms with Gasteiger partial charge >= 0.3 is 0 Å². The van der Waals surface area contributed by atoms with Gasteiger partial charge in [-0.3, -0.25) is 9.69 Å². The number of rotatable bonds is 1. The Labute approximate surface area is 112 Å². The molecule has 4 nitrogen and oxygen atoms in total. The van der Waals surface area contributed by atoms with E-state index in [1.54, 1.807) is 13.1 Å². The van der Waals surface area contributed by atoms with Crippen molar-refractivity contribution in [3.05, 3.63) is 54.2 Å². The predicted octanol–water partition coefficient (Wildman–Crippen LogP) is 2.60. The molecule has 1 N–H and O–H groups in total. The molecule has 1 amide bonds. The predicted molar refractivity (Wildman–Crippen MR) is 75.1 cm³/mol. The maximum Gasteiger partial charge on any atom is 0.224 e. The smallest absolute Gasteiger partial charge is 0.224 e. The molecule has 0 aliphatic carbocycles. The van der Waals surface area contributed by atoms with Crippen LogP contribution in [0, 0.1) is 0 Å². The van der Waals surface area contributed by atoms with Crippen LogP contribution in [0.2, 0.25) is 0 Å². The normalized spacial score (nSPS) is 17.5. The van der Waals surface area contributed by atoms with E-state index in [0.717, 1.165) is 17.1 Å². The van der Waals surface area contributed by atoms with Crippen LogP contribution in [0.3, 0.4) is 0 Å². The zero-order valence-corrected chi connectivity index (χ0v) is 10.7. The summed E-state index contributed by atoms with van der Waals surface area (Å²) in [5.41, 5.74) is 1.97. The number of amides is 1. The van der Waals surface area contributed by atoms with Crippen LogP contribution in [0.15, 0.2) is 48.7 Å². The summed E-state index contributed by atoms with van der Waals surface area (Å²) in [6, 6.07) is 13.8. The summed E-state index contributed by atoms with van der Waals surface area (Å²) in [6.45, 7) is 2.27. The van der Waals surface area contributed by atoms with Gasteiger partial charge in [-0.2, -0.15) is 0 Å². The molecule has 1 aliphatic rings. The Hall–Kier alpha value is -2.36. The summed E-state index contributed by atoms with van der Waals surface area (Å²) in [5, 5.41) is 3.29. The molecule has 0 bridgehead atoms. The van der Waals surface area contributed by atoms with E-state index in [4.69, 9.17) is 0 Å². The minimum atomic E-state index is 0.00963. The summed E-state index contributed by atoms with van der Waals surface area (Å²) >= 11 is 0. The van der Waals surface area contributed by atoms with Gasteiger partial charge in [-0.15, -0.1) is 0 Å². The Balaban J connectivity index is 2.06. The van der Waals surface area contributed by atoms with Crippen molar-refractivity contribution in [2.75, 3.05) is 16.8 Å². The zero-order valence-electron chi connectivity index (χ0n) is 10.7. The van der Waals surface area contributed by atoms with Gasteiger partial charge in [0, 0.05) is 19.7 Å². The SMILES string of the molecule is CC(=O)N1c2cccnc2NCC1c1ccccc1. The Morgan fingerprint density at radius 1 is 1.26 bits per heavy atom. The fourth-order valence-electron chi connectivity index (χ4n) is 2.51. The first-order valence-corrected chi connectivity index (χ1v) is 6.31. The maximum absolute atomic E-state index is 12.0. The summed E-state index contributed by atoms with van der Waals surface area (Å²) in [5.74, 6) is 0.800. The molecule has 1 aliphatic heterocycles. The van der Waals surface area contributed by atoms with Gasteiger partial charge in [-0.25, -0.2) is 4.98 Å². The number of anilines is 2. The van der Waals surface area contributed by atoms with Crippen molar-refractivity contribution in [1.29, 1.82) is 0 Å². The molecule has 1 unspecified atom stereocenters. The molecule has 1 aromatic heterocycles. The average molecular weight is 253 g/mol. The van der Waals surface area contributed by atoms with Gasteiger partial charge in [0.2, 0.25) is 5.91 Å². The number of fused-ring (bicyclic) bond motifs is 1. The molecule has 96 valence electrons. The number of carbonyl (C=O) groups is 1. The number of hydrogen-bond donors (Lipinski definition) is 1. The third-order valence-electron chi connectivity index (χ3n) is 3.34. The van der Waals surface area contributed by atoms with Gasteiger partial charge in [-0.05, 0) is 17.7 Å². The maximum atomic E-state index is 12.0. The Morgan fingerprint density at radius 3 is 2.79 bits per heavy atom. The quantitative estimate of drug-likeness (QED) is 0.849. The average Bonchev–Trinajstić information content (AvgIpc) is 2.46. The highest BCUT2D eigenvalue weighted by molar-refractivity contribution is 5.96. The van der Waals surface area contributed by atoms with Gasteiger partial charge in [0.25, 0.3) is 0 Å². The molecule has 3 rings (SSSR count). The molecule has 0 fully saturated rings. The standard InChI is InChI=1S/C15H15N3O/c1-11(19)18-13-8-5-9-16-15(13)17-10-14(18)12-6-3-2-4-7-12/h2-9,14H,10H2,1H3,(H,16,17). The number of hydrogen-bond acceptors (Lipinski definition) is 3. The van der Waals surface area contributed by atoms with Crippen molar-refractivity contribution in [3.63, 3.8) is 0 Å². The summed E-state index contributed by atoms with van der Waals surface area (Å²) in [7, 11) is 0. The van der Waals surface area contributed by atoms with Gasteiger partial charge in [0.05, 0.1) is 11.7 Å². The molecule has 2 heterocycles. The summed E-state index contributed by atoms with van der Waals surface area (Å²) in [6.07, 6.45) is 1.73. The molecular formula is C15H15N3O. The second-order valence-corrected chi connectivity index (χ2v) is 4.57. The fraction of sp³-hybridized carbons (Fsp3) is 0.200. The third-order valence-corrected chi connectivity index (χ3v) is 3.34. The van der Waals surface area contributed by atoms with Gasteiger partial charge in [-0.1, -0.05) is 30.3 Å². The number of carbonyl (C=O) groups excluding carboxylic acids is 1. The lowest BCUT2D eigenvalue weighted by Crippen LogP contribution is -2.41. The fourth-order valence-corrected chi connectivity index (χ4v) is 2.51. The molecule has 1 atom stereocenters. The highest BCUT2D eigenvalue weighted by Crippen LogP contribution is 2.35. The van der Waals surface area contributed by atoms with Crippen LogP contribution < -0.4 is 10.2 Å². The molecule has 4 heteroatoms. The van der Waals surface area contributed by atoms with Crippen LogP contribution in [0.25, 0.3) is 0 Å². The van der Waals surface area contributed by atoms with E-state index in [-0.39, 0.29) is 11.9 Å². The number of aromatic nitrogens is 1. The van der Waals surface area contributed by atoms with E-state index in [1.165, 1.54) is 0 Å². The van der Waals surface area contributed by atoms with Crippen LogP contribution in [-0.2, 0) is 4.79 Å². The van der Waals surface area contributed by atoms with Crippen LogP contribution in [0.4, 0.5) is 11.5 Å². The van der Waals surface area contributed by atoms with Gasteiger partial charge in [0.15, 0.2) is 0 Å². The molecule has 0 spiro atoms. The van der Waals surface area contributed by atoms with Crippen molar-refractivity contribution >= 4 is 17.4 Å². The molecular weight excluding hydrogens is 238 g/mol. The van der Waals surface area contributed by atoms with Crippen LogP contribution in [-0.4, -0.2) is 17.4 Å². The van der Waals surface area contributed by atoms with Crippen LogP contribution >= 0.6 is 0 Å². The molecule has 0 saturated carbocycles. The number of pyridine rings is 1. The monoisotopic (exact) mass is 253 g/mol. The van der Waals surface area contributed by atoms with Crippen LogP contribution in [0.5, 0.6) is 0 Å². The van der Waals surface area contributed by atoms with Crippen molar-refractivity contribution in [1.82, 2.24) is 4.98 Å². The number of benzene rings is 1. The topological polar surface area (TPSA) is 45.2 Å². The van der Waals surface area contributed by atoms with Gasteiger partial charge < -0.3 is 5.32 Å². The lowest BCUT2D eigenvalue weighted by molar-refractivity contribution is -0.117. The number of nitrogens with zero attached hydrogens (tertiary/aromatic N) is 2. The van der Waals surface area contributed by atoms with E-state index >= 15 is 0 Å². The molecule has 0 radical (unpaired) electrons. The van der Waals surface area contributed by atoms with E-state index in [2.05, 4.69) is 10.3 Å². The summed E-state index contributed by atoms with van der Waals surface area (Å²) < 4.78 is 0. The lowest BCUT2D eigenvalue weighted by Gasteiger charge is -2.36. The summed E-state index contributed by atoms with van der Waals surface area (Å²) in [4.78, 5) is 18.1. The first-order valence-electron chi connectivity index (χ1n) is 6.31. The minimum Gasteiger partial charge on any atom is -0.366 e. The van der Waals surface area contributed by atoms with E-state index < -0.39 is 0 Å². The third kappa shape index (κ3) is 2.05. The van der Waals surface area contributed by atoms with Crippen molar-refractivity contribution < 1.29 is 4.79 Å². The molecule has 2 aromatic rings. The minimum absolute atomic E-state index is 0.00963. The largest absolute Gasteiger partial charge is 0.366 e. The van der Waals surface area contributed by atoms with Crippen LogP contribution in [0.1, 0.15) is 18.5 Å². The van der Waals surface area contributed by atoms with E-state index in [9.17, 15) is 4.79 Å². The first kappa shape index (κ1) is 11.7. The second-order valence-electron chi connectivity index (χ2n) is 4.57. The van der Waals surface area contributed by atoms with E-state index in [1.807, 2.05) is 47.4 Å². The lowest BCUT2D eigenvalue weighted by atomic mass is 10.0.